The second kappa shape index (κ2) is 9.01. The van der Waals surface area contributed by atoms with Gasteiger partial charge in [-0.3, -0.25) is 9.59 Å². The summed E-state index contributed by atoms with van der Waals surface area (Å²) in [5.41, 5.74) is 0.234. The number of hydrogen-bond donors (Lipinski definition) is 1. The second-order valence-electron chi connectivity index (χ2n) is 7.23. The number of carbonyl (C=O) groups excluding carboxylic acids is 2. The molecule has 2 aromatic heterocycles. The fourth-order valence-corrected chi connectivity index (χ4v) is 3.84. The number of benzene rings is 1. The summed E-state index contributed by atoms with van der Waals surface area (Å²) in [6, 6.07) is 7.32. The largest absolute Gasteiger partial charge is 0.507 e. The van der Waals surface area contributed by atoms with Crippen molar-refractivity contribution in [3.8, 4) is 11.5 Å². The van der Waals surface area contributed by atoms with Crippen LogP contribution in [-0.4, -0.2) is 52.0 Å². The Morgan fingerprint density at radius 2 is 2.03 bits per heavy atom. The average molecular weight is 437 g/mol. The number of likely N-dealkylation sites (tertiary alicyclic amines) is 1. The molecule has 9 heteroatoms. The van der Waals surface area contributed by atoms with Crippen LogP contribution in [0.4, 0.5) is 0 Å². The molecule has 1 fully saturated rings. The molecule has 1 aliphatic rings. The summed E-state index contributed by atoms with van der Waals surface area (Å²) in [7, 11) is 2.96. The molecule has 0 unspecified atom stereocenters. The molecule has 3 heterocycles. The first-order chi connectivity index (χ1) is 15.5. The number of nitrogens with zero attached hydrogens (tertiary/aromatic N) is 3. The zero-order valence-corrected chi connectivity index (χ0v) is 17.7. The number of Topliss-reactive ketones (excluding diaryl/α,β-unsaturated/α-hetero) is 1. The molecule has 1 aliphatic heterocycles. The van der Waals surface area contributed by atoms with Crippen LogP contribution in [0.25, 0.3) is 5.76 Å². The number of hydrogen-bond acceptors (Lipinski definition) is 7. The number of rotatable bonds is 8. The molecule has 3 aromatic rings. The quantitative estimate of drug-likeness (QED) is 0.328. The Kier molecular flexibility index (Phi) is 5.98. The molecule has 9 nitrogen and oxygen atoms in total. The lowest BCUT2D eigenvalue weighted by molar-refractivity contribution is -0.140. The lowest BCUT2D eigenvalue weighted by Gasteiger charge is -2.23. The Bertz CT molecular complexity index is 1130. The number of aromatic nitrogens is 2. The third-order valence-corrected chi connectivity index (χ3v) is 5.39. The molecule has 1 N–H and O–H groups in total. The fourth-order valence-electron chi connectivity index (χ4n) is 3.84. The van der Waals surface area contributed by atoms with Gasteiger partial charge >= 0.3 is 0 Å². The predicted molar refractivity (Wildman–Crippen MR) is 114 cm³/mol. The van der Waals surface area contributed by atoms with Crippen LogP contribution in [0.3, 0.4) is 0 Å². The minimum absolute atomic E-state index is 0.0453. The Hall–Kier alpha value is -4.01. The SMILES string of the molecule is COc1ccc(/C(O)=C2\C(=O)C(=O)N(CCCn3ccnc3)[C@@H]2c2ccco2)c(OC)c1. The third kappa shape index (κ3) is 3.84. The smallest absolute Gasteiger partial charge is 0.295 e. The van der Waals surface area contributed by atoms with Gasteiger partial charge in [-0.2, -0.15) is 0 Å². The van der Waals surface area contributed by atoms with Gasteiger partial charge in [0.05, 0.1) is 37.9 Å². The van der Waals surface area contributed by atoms with Crippen LogP contribution < -0.4 is 9.47 Å². The molecule has 0 radical (unpaired) electrons. The number of imidazole rings is 1. The monoisotopic (exact) mass is 437 g/mol. The highest BCUT2D eigenvalue weighted by Gasteiger charge is 2.47. The number of aryl methyl sites for hydroxylation is 1. The molecule has 0 saturated carbocycles. The molecule has 0 aliphatic carbocycles. The maximum Gasteiger partial charge on any atom is 0.295 e. The van der Waals surface area contributed by atoms with Gasteiger partial charge in [0.25, 0.3) is 11.7 Å². The van der Waals surface area contributed by atoms with E-state index < -0.39 is 17.7 Å². The van der Waals surface area contributed by atoms with Crippen LogP contribution in [0.2, 0.25) is 0 Å². The Labute approximate surface area is 184 Å². The minimum atomic E-state index is -0.848. The summed E-state index contributed by atoms with van der Waals surface area (Å²) in [5.74, 6) is -0.565. The summed E-state index contributed by atoms with van der Waals surface area (Å²) < 4.78 is 18.0. The van der Waals surface area contributed by atoms with Crippen molar-refractivity contribution < 1.29 is 28.6 Å². The summed E-state index contributed by atoms with van der Waals surface area (Å²) in [5, 5.41) is 11.2. The van der Waals surface area contributed by atoms with Crippen LogP contribution >= 0.6 is 0 Å². The van der Waals surface area contributed by atoms with Crippen molar-refractivity contribution in [2.75, 3.05) is 20.8 Å². The summed E-state index contributed by atoms with van der Waals surface area (Å²) >= 11 is 0. The average Bonchev–Trinajstić information content (AvgIpc) is 3.57. The van der Waals surface area contributed by atoms with Gasteiger partial charge in [-0.1, -0.05) is 0 Å². The van der Waals surface area contributed by atoms with Gasteiger partial charge < -0.3 is 28.5 Å². The number of methoxy groups -OCH3 is 2. The van der Waals surface area contributed by atoms with Gasteiger partial charge in [-0.05, 0) is 30.7 Å². The first-order valence-corrected chi connectivity index (χ1v) is 10.0. The van der Waals surface area contributed by atoms with Gasteiger partial charge in [-0.15, -0.1) is 0 Å². The van der Waals surface area contributed by atoms with E-state index in [1.807, 2.05) is 10.8 Å². The molecule has 32 heavy (non-hydrogen) atoms. The molecule has 1 aromatic carbocycles. The van der Waals surface area contributed by atoms with Crippen molar-refractivity contribution in [1.82, 2.24) is 14.5 Å². The van der Waals surface area contributed by atoms with Crippen molar-refractivity contribution in [2.45, 2.75) is 19.0 Å². The van der Waals surface area contributed by atoms with Gasteiger partial charge in [0.2, 0.25) is 0 Å². The first-order valence-electron chi connectivity index (χ1n) is 10.0. The molecule has 0 bridgehead atoms. The summed E-state index contributed by atoms with van der Waals surface area (Å²) in [6.07, 6.45) is 7.25. The van der Waals surface area contributed by atoms with E-state index in [0.717, 1.165) is 0 Å². The maximum absolute atomic E-state index is 13.0. The van der Waals surface area contributed by atoms with Crippen molar-refractivity contribution >= 4 is 17.4 Å². The first kappa shape index (κ1) is 21.2. The number of aliphatic hydroxyl groups excluding tert-OH is 1. The lowest BCUT2D eigenvalue weighted by Crippen LogP contribution is -2.31. The van der Waals surface area contributed by atoms with E-state index in [1.54, 1.807) is 42.9 Å². The molecule has 1 amide bonds. The number of amides is 1. The maximum atomic E-state index is 13.0. The highest BCUT2D eigenvalue weighted by Crippen LogP contribution is 2.41. The van der Waals surface area contributed by atoms with E-state index in [4.69, 9.17) is 13.9 Å². The lowest BCUT2D eigenvalue weighted by atomic mass is 9.98. The molecule has 1 atom stereocenters. The van der Waals surface area contributed by atoms with Gasteiger partial charge in [0.15, 0.2) is 0 Å². The Morgan fingerprint density at radius 1 is 1.19 bits per heavy atom. The van der Waals surface area contributed by atoms with Crippen LogP contribution in [0, 0.1) is 0 Å². The Morgan fingerprint density at radius 3 is 2.69 bits per heavy atom. The molecule has 1 saturated heterocycles. The van der Waals surface area contributed by atoms with E-state index >= 15 is 0 Å². The highest BCUT2D eigenvalue weighted by molar-refractivity contribution is 6.46. The number of ketones is 1. The fraction of sp³-hybridized carbons (Fsp3) is 0.261. The van der Waals surface area contributed by atoms with E-state index in [1.165, 1.54) is 25.4 Å². The van der Waals surface area contributed by atoms with Crippen molar-refractivity contribution in [2.24, 2.45) is 0 Å². The summed E-state index contributed by atoms with van der Waals surface area (Å²) in [6.45, 7) is 0.921. The second-order valence-corrected chi connectivity index (χ2v) is 7.23. The molecular weight excluding hydrogens is 414 g/mol. The highest BCUT2D eigenvalue weighted by atomic mass is 16.5. The Balaban J connectivity index is 1.73. The van der Waals surface area contributed by atoms with Crippen LogP contribution in [0.1, 0.15) is 23.8 Å². The standard InChI is InChI=1S/C23H23N3O6/c1-30-15-6-7-16(18(13-15)31-2)21(27)19-20(17-5-3-12-32-17)26(23(29)22(19)28)10-4-9-25-11-8-24-14-25/h3,5-8,11-14,20,27H,4,9-10H2,1-2H3/b21-19+/t20-/m1/s1. The van der Waals surface area contributed by atoms with Gasteiger partial charge in [0, 0.05) is 31.5 Å². The zero-order chi connectivity index (χ0) is 22.7. The zero-order valence-electron chi connectivity index (χ0n) is 17.7. The predicted octanol–water partition coefficient (Wildman–Crippen LogP) is 3.01. The van der Waals surface area contributed by atoms with Gasteiger partial charge in [-0.25, -0.2) is 4.98 Å². The van der Waals surface area contributed by atoms with Crippen LogP contribution in [0.5, 0.6) is 11.5 Å². The van der Waals surface area contributed by atoms with E-state index in [0.29, 0.717) is 36.8 Å². The molecule has 4 rings (SSSR count). The normalized spacial score (nSPS) is 17.7. The van der Waals surface area contributed by atoms with E-state index in [2.05, 4.69) is 4.98 Å². The third-order valence-electron chi connectivity index (χ3n) is 5.39. The topological polar surface area (TPSA) is 107 Å². The van der Waals surface area contributed by atoms with Crippen molar-refractivity contribution in [3.05, 3.63) is 72.2 Å². The van der Waals surface area contributed by atoms with Crippen molar-refractivity contribution in [3.63, 3.8) is 0 Å². The van der Waals surface area contributed by atoms with Crippen LogP contribution in [-0.2, 0) is 16.1 Å². The number of ether oxygens (including phenoxy) is 2. The van der Waals surface area contributed by atoms with E-state index in [9.17, 15) is 14.7 Å². The number of carbonyl (C=O) groups is 2. The summed E-state index contributed by atoms with van der Waals surface area (Å²) in [4.78, 5) is 31.4. The van der Waals surface area contributed by atoms with Crippen LogP contribution in [0.15, 0.2) is 65.3 Å². The number of furan rings is 1. The van der Waals surface area contributed by atoms with Crippen molar-refractivity contribution in [1.29, 1.82) is 0 Å². The number of aliphatic hydroxyl groups is 1. The molecule has 166 valence electrons. The van der Waals surface area contributed by atoms with Gasteiger partial charge in [0.1, 0.15) is 29.1 Å². The van der Waals surface area contributed by atoms with E-state index in [-0.39, 0.29) is 16.9 Å². The molecule has 0 spiro atoms. The molecular formula is C23H23N3O6. The minimum Gasteiger partial charge on any atom is -0.507 e.